The summed E-state index contributed by atoms with van der Waals surface area (Å²) in [5.74, 6) is 0. The van der Waals surface area contributed by atoms with Crippen molar-refractivity contribution in [3.63, 3.8) is 0 Å². The van der Waals surface area contributed by atoms with Crippen molar-refractivity contribution in [1.82, 2.24) is 0 Å². The zero-order chi connectivity index (χ0) is 16.2. The van der Waals surface area contributed by atoms with E-state index in [1.165, 1.54) is 62.2 Å². The van der Waals surface area contributed by atoms with Gasteiger partial charge in [-0.2, -0.15) is 0 Å². The molecule has 1 rings (SSSR count). The fraction of sp³-hybridized carbons (Fsp3) is 0.619. The zero-order valence-corrected chi connectivity index (χ0v) is 17.9. The Bertz CT molecular complexity index is 434. The van der Waals surface area contributed by atoms with E-state index in [-0.39, 0.29) is 0 Å². The van der Waals surface area contributed by atoms with Gasteiger partial charge in [0.1, 0.15) is 0 Å². The van der Waals surface area contributed by atoms with Crippen LogP contribution in [0.3, 0.4) is 0 Å². The van der Waals surface area contributed by atoms with Crippen LogP contribution in [0.15, 0.2) is 22.8 Å². The van der Waals surface area contributed by atoms with Crippen LogP contribution in [0.1, 0.15) is 81.5 Å². The van der Waals surface area contributed by atoms with Crippen LogP contribution < -0.4 is 0 Å². The van der Waals surface area contributed by atoms with E-state index in [0.29, 0.717) is 0 Å². The van der Waals surface area contributed by atoms with Crippen molar-refractivity contribution >= 4 is 21.1 Å². The number of rotatable bonds is 12. The summed E-state index contributed by atoms with van der Waals surface area (Å²) in [6, 6.07) is 4.91. The van der Waals surface area contributed by atoms with E-state index >= 15 is 0 Å². The maximum atomic E-state index is 3.97. The second kappa shape index (κ2) is 12.2. The van der Waals surface area contributed by atoms with Crippen molar-refractivity contribution in [1.29, 1.82) is 0 Å². The third-order valence-electron chi connectivity index (χ3n) is 4.42. The molecule has 1 aromatic carbocycles. The Morgan fingerprint density at radius 3 is 1.86 bits per heavy atom. The van der Waals surface area contributed by atoms with E-state index in [0.717, 1.165) is 0 Å². The second-order valence-electron chi connectivity index (χ2n) is 6.24. The molecule has 0 aliphatic heterocycles. The standard InChI is InChI=1S/C19H31.C2H3.Sn/c1-5-8-11-17-15-14-16(4)18(12-9-6-2)19(17)13-10-7-3;1-2;/h14-15H,4-13H2,1-3H3;1H,2H2;. The van der Waals surface area contributed by atoms with E-state index in [1.807, 2.05) is 0 Å². The summed E-state index contributed by atoms with van der Waals surface area (Å²) in [4.78, 5) is 0. The third-order valence-corrected chi connectivity index (χ3v) is 6.92. The van der Waals surface area contributed by atoms with Gasteiger partial charge in [-0.25, -0.2) is 0 Å². The van der Waals surface area contributed by atoms with Crippen molar-refractivity contribution in [3.05, 3.63) is 45.1 Å². The number of hydrogen-bond donors (Lipinski definition) is 0. The van der Waals surface area contributed by atoms with Crippen molar-refractivity contribution < 1.29 is 0 Å². The molecule has 0 N–H and O–H groups in total. The number of aryl methyl sites for hydroxylation is 1. The van der Waals surface area contributed by atoms with Gasteiger partial charge in [-0.15, -0.1) is 0 Å². The van der Waals surface area contributed by atoms with Gasteiger partial charge in [-0.05, 0) is 0 Å². The van der Waals surface area contributed by atoms with Crippen molar-refractivity contribution in [2.45, 2.75) is 83.0 Å². The van der Waals surface area contributed by atoms with E-state index < -0.39 is 21.1 Å². The summed E-state index contributed by atoms with van der Waals surface area (Å²) in [5, 5.41) is 0. The fourth-order valence-electron chi connectivity index (χ4n) is 3.07. The van der Waals surface area contributed by atoms with Gasteiger partial charge >= 0.3 is 149 Å². The Labute approximate surface area is 149 Å². The van der Waals surface area contributed by atoms with Gasteiger partial charge < -0.3 is 0 Å². The monoisotopic (exact) mass is 406 g/mol. The molecule has 0 aliphatic rings. The summed E-state index contributed by atoms with van der Waals surface area (Å²) in [7, 11) is 0. The summed E-state index contributed by atoms with van der Waals surface area (Å²) in [6.45, 7) is 10.9. The van der Waals surface area contributed by atoms with Gasteiger partial charge in [-0.3, -0.25) is 0 Å². The van der Waals surface area contributed by atoms with Crippen molar-refractivity contribution in [3.8, 4) is 0 Å². The van der Waals surface area contributed by atoms with Crippen LogP contribution in [0.2, 0.25) is 0 Å². The first-order chi connectivity index (χ1) is 10.8. The van der Waals surface area contributed by atoms with Gasteiger partial charge in [0.15, 0.2) is 0 Å². The van der Waals surface area contributed by atoms with Gasteiger partial charge in [0.2, 0.25) is 0 Å². The number of unbranched alkanes of at least 4 members (excludes halogenated alkanes) is 3. The molecule has 22 heavy (non-hydrogen) atoms. The summed E-state index contributed by atoms with van der Waals surface area (Å²) in [5.41, 5.74) is 6.76. The molecule has 0 spiro atoms. The molecule has 0 unspecified atom stereocenters. The Morgan fingerprint density at radius 2 is 1.32 bits per heavy atom. The topological polar surface area (TPSA) is 0 Å². The van der Waals surface area contributed by atoms with Crippen LogP contribution in [0.25, 0.3) is 0 Å². The molecule has 0 aliphatic carbocycles. The molecule has 122 valence electrons. The predicted molar refractivity (Wildman–Crippen MR) is 102 cm³/mol. The molecular formula is C21H34Sn. The van der Waals surface area contributed by atoms with Crippen molar-refractivity contribution in [2.24, 2.45) is 0 Å². The maximum absolute atomic E-state index is 3.97. The average Bonchev–Trinajstić information content (AvgIpc) is 2.55. The van der Waals surface area contributed by atoms with Crippen LogP contribution in [0.5, 0.6) is 0 Å². The molecule has 0 atom stereocenters. The molecule has 0 saturated heterocycles. The van der Waals surface area contributed by atoms with E-state index in [1.54, 1.807) is 22.3 Å². The predicted octanol–water partition coefficient (Wildman–Crippen LogP) is 6.06. The molecule has 2 radical (unpaired) electrons. The molecule has 0 heterocycles. The fourth-order valence-corrected chi connectivity index (χ4v) is 5.05. The SMILES string of the molecule is C=[CH][Sn][CH2]c1ccc(CCCC)c(CCCC)c1CCCC. The van der Waals surface area contributed by atoms with Crippen LogP contribution in [-0.2, 0) is 23.7 Å². The van der Waals surface area contributed by atoms with Gasteiger partial charge in [0.05, 0.1) is 0 Å². The molecule has 1 heteroatoms. The summed E-state index contributed by atoms with van der Waals surface area (Å²) < 4.78 is 3.56. The van der Waals surface area contributed by atoms with E-state index in [9.17, 15) is 0 Å². The first-order valence-corrected chi connectivity index (χ1v) is 12.9. The Morgan fingerprint density at radius 1 is 0.818 bits per heavy atom. The first kappa shape index (κ1) is 19.8. The molecular weight excluding hydrogens is 371 g/mol. The number of hydrogen-bond acceptors (Lipinski definition) is 0. The van der Waals surface area contributed by atoms with E-state index in [4.69, 9.17) is 0 Å². The van der Waals surface area contributed by atoms with Crippen LogP contribution in [0, 0.1) is 0 Å². The van der Waals surface area contributed by atoms with Crippen LogP contribution >= 0.6 is 0 Å². The molecule has 0 fully saturated rings. The molecule has 1 aromatic rings. The molecule has 0 nitrogen and oxygen atoms in total. The molecule has 0 bridgehead atoms. The Kier molecular flexibility index (Phi) is 11.0. The quantitative estimate of drug-likeness (QED) is 0.371. The zero-order valence-electron chi connectivity index (χ0n) is 15.0. The molecule has 0 amide bonds. The average molecular weight is 405 g/mol. The number of benzene rings is 1. The minimum atomic E-state index is -0.394. The van der Waals surface area contributed by atoms with Crippen LogP contribution in [-0.4, -0.2) is 21.1 Å². The van der Waals surface area contributed by atoms with Gasteiger partial charge in [-0.1, -0.05) is 0 Å². The van der Waals surface area contributed by atoms with Gasteiger partial charge in [0, 0.05) is 0 Å². The molecule has 0 aromatic heterocycles. The third kappa shape index (κ3) is 6.48. The minimum absolute atomic E-state index is 0.394. The second-order valence-corrected chi connectivity index (χ2v) is 9.58. The first-order valence-electron chi connectivity index (χ1n) is 9.25. The molecule has 0 saturated carbocycles. The normalized spacial score (nSPS) is 10.9. The van der Waals surface area contributed by atoms with Gasteiger partial charge in [0.25, 0.3) is 0 Å². The summed E-state index contributed by atoms with van der Waals surface area (Å²) >= 11 is -0.394. The van der Waals surface area contributed by atoms with Crippen molar-refractivity contribution in [2.75, 3.05) is 0 Å². The Hall–Kier alpha value is -0.241. The summed E-state index contributed by atoms with van der Waals surface area (Å²) in [6.07, 6.45) is 11.8. The Balaban J connectivity index is 3.13. The van der Waals surface area contributed by atoms with E-state index in [2.05, 4.69) is 43.6 Å². The van der Waals surface area contributed by atoms with Crippen LogP contribution in [0.4, 0.5) is 0 Å².